The zero-order valence-corrected chi connectivity index (χ0v) is 11.6. The Morgan fingerprint density at radius 3 is 2.40 bits per heavy atom. The molecule has 0 saturated carbocycles. The third-order valence-corrected chi connectivity index (χ3v) is 3.96. The smallest absolute Gasteiger partial charge is 0.116 e. The van der Waals surface area contributed by atoms with Crippen LogP contribution in [0, 0.1) is 0 Å². The SMILES string of the molecule is Oc1cccc(C[NH+]2CCN(c3ccccc3)CC2)c1. The number of benzene rings is 2. The summed E-state index contributed by atoms with van der Waals surface area (Å²) in [6.45, 7) is 5.47. The van der Waals surface area contributed by atoms with Gasteiger partial charge in [0.15, 0.2) is 0 Å². The van der Waals surface area contributed by atoms with E-state index in [0.717, 1.165) is 32.7 Å². The van der Waals surface area contributed by atoms with Crippen molar-refractivity contribution < 1.29 is 10.0 Å². The summed E-state index contributed by atoms with van der Waals surface area (Å²) < 4.78 is 0. The van der Waals surface area contributed by atoms with Crippen LogP contribution in [-0.4, -0.2) is 31.3 Å². The van der Waals surface area contributed by atoms with Gasteiger partial charge in [-0.15, -0.1) is 0 Å². The van der Waals surface area contributed by atoms with Crippen molar-refractivity contribution in [2.45, 2.75) is 6.54 Å². The van der Waals surface area contributed by atoms with Gasteiger partial charge in [0.1, 0.15) is 12.3 Å². The summed E-state index contributed by atoms with van der Waals surface area (Å²) in [7, 11) is 0. The van der Waals surface area contributed by atoms with Gasteiger partial charge in [0.05, 0.1) is 26.2 Å². The Labute approximate surface area is 120 Å². The number of nitrogens with zero attached hydrogens (tertiary/aromatic N) is 1. The molecular weight excluding hydrogens is 248 g/mol. The largest absolute Gasteiger partial charge is 0.508 e. The van der Waals surface area contributed by atoms with E-state index < -0.39 is 0 Å². The molecular formula is C17H21N2O+. The molecule has 0 radical (unpaired) electrons. The summed E-state index contributed by atoms with van der Waals surface area (Å²) in [5.74, 6) is 0.366. The van der Waals surface area contributed by atoms with Crippen molar-refractivity contribution in [3.63, 3.8) is 0 Å². The average Bonchev–Trinajstić information content (AvgIpc) is 2.49. The van der Waals surface area contributed by atoms with Crippen molar-refractivity contribution >= 4 is 5.69 Å². The van der Waals surface area contributed by atoms with Crippen molar-refractivity contribution in [1.82, 2.24) is 0 Å². The summed E-state index contributed by atoms with van der Waals surface area (Å²) in [6.07, 6.45) is 0. The number of quaternary nitrogens is 1. The molecule has 0 aromatic heterocycles. The highest BCUT2D eigenvalue weighted by molar-refractivity contribution is 5.46. The molecule has 3 nitrogen and oxygen atoms in total. The fourth-order valence-electron chi connectivity index (χ4n) is 2.85. The van der Waals surface area contributed by atoms with Crippen LogP contribution in [0.4, 0.5) is 5.69 Å². The van der Waals surface area contributed by atoms with Crippen molar-refractivity contribution in [2.24, 2.45) is 0 Å². The minimum absolute atomic E-state index is 0.366. The fraction of sp³-hybridized carbons (Fsp3) is 0.294. The van der Waals surface area contributed by atoms with E-state index in [-0.39, 0.29) is 0 Å². The normalized spacial score (nSPS) is 16.3. The van der Waals surface area contributed by atoms with Gasteiger partial charge in [-0.1, -0.05) is 30.3 Å². The van der Waals surface area contributed by atoms with Crippen LogP contribution < -0.4 is 9.80 Å². The number of anilines is 1. The van der Waals surface area contributed by atoms with E-state index in [9.17, 15) is 5.11 Å². The molecule has 0 atom stereocenters. The van der Waals surface area contributed by atoms with Gasteiger partial charge in [0.25, 0.3) is 0 Å². The lowest BCUT2D eigenvalue weighted by Crippen LogP contribution is -3.13. The van der Waals surface area contributed by atoms with Crippen LogP contribution in [0.5, 0.6) is 5.75 Å². The molecule has 1 aliphatic heterocycles. The molecule has 1 heterocycles. The number of rotatable bonds is 3. The maximum absolute atomic E-state index is 9.52. The van der Waals surface area contributed by atoms with Gasteiger partial charge < -0.3 is 14.9 Å². The second kappa shape index (κ2) is 5.97. The first-order valence-corrected chi connectivity index (χ1v) is 7.23. The molecule has 0 amide bonds. The third-order valence-electron chi connectivity index (χ3n) is 3.96. The molecule has 0 aliphatic carbocycles. The Kier molecular flexibility index (Phi) is 3.88. The number of para-hydroxylation sites is 1. The van der Waals surface area contributed by atoms with Gasteiger partial charge in [-0.25, -0.2) is 0 Å². The van der Waals surface area contributed by atoms with E-state index in [2.05, 4.69) is 41.3 Å². The van der Waals surface area contributed by atoms with E-state index in [0.29, 0.717) is 5.75 Å². The first-order chi connectivity index (χ1) is 9.81. The average molecular weight is 269 g/mol. The number of hydrogen-bond donors (Lipinski definition) is 2. The monoisotopic (exact) mass is 269 g/mol. The van der Waals surface area contributed by atoms with Gasteiger partial charge in [0.2, 0.25) is 0 Å². The van der Waals surface area contributed by atoms with Crippen LogP contribution in [0.1, 0.15) is 5.56 Å². The lowest BCUT2D eigenvalue weighted by atomic mass is 10.2. The molecule has 3 heteroatoms. The molecule has 1 saturated heterocycles. The minimum atomic E-state index is 0.366. The zero-order valence-electron chi connectivity index (χ0n) is 11.6. The van der Waals surface area contributed by atoms with Crippen molar-refractivity contribution in [3.05, 3.63) is 60.2 Å². The molecule has 2 aromatic rings. The summed E-state index contributed by atoms with van der Waals surface area (Å²) in [5.41, 5.74) is 2.54. The van der Waals surface area contributed by atoms with Gasteiger partial charge in [-0.3, -0.25) is 0 Å². The van der Waals surface area contributed by atoms with Crippen molar-refractivity contribution in [1.29, 1.82) is 0 Å². The van der Waals surface area contributed by atoms with Crippen LogP contribution in [0.25, 0.3) is 0 Å². The van der Waals surface area contributed by atoms with Gasteiger partial charge in [0, 0.05) is 11.3 Å². The summed E-state index contributed by atoms with van der Waals surface area (Å²) >= 11 is 0. The minimum Gasteiger partial charge on any atom is -0.508 e. The molecule has 2 aromatic carbocycles. The standard InChI is InChI=1S/C17H20N2O/c20-17-8-4-5-15(13-17)14-18-9-11-19(12-10-18)16-6-2-1-3-7-16/h1-8,13,20H,9-12,14H2/p+1. The number of phenols is 1. The topological polar surface area (TPSA) is 27.9 Å². The van der Waals surface area contributed by atoms with Crippen LogP contribution in [0.2, 0.25) is 0 Å². The van der Waals surface area contributed by atoms with Crippen LogP contribution in [-0.2, 0) is 6.54 Å². The van der Waals surface area contributed by atoms with E-state index >= 15 is 0 Å². The number of piperazine rings is 1. The van der Waals surface area contributed by atoms with Crippen molar-refractivity contribution in [2.75, 3.05) is 31.1 Å². The van der Waals surface area contributed by atoms with Crippen molar-refractivity contribution in [3.8, 4) is 5.75 Å². The Morgan fingerprint density at radius 1 is 0.950 bits per heavy atom. The number of aromatic hydroxyl groups is 1. The van der Waals surface area contributed by atoms with Gasteiger partial charge >= 0.3 is 0 Å². The molecule has 2 N–H and O–H groups in total. The molecule has 1 fully saturated rings. The lowest BCUT2D eigenvalue weighted by Gasteiger charge is -2.33. The quantitative estimate of drug-likeness (QED) is 0.879. The van der Waals surface area contributed by atoms with Crippen LogP contribution in [0.3, 0.4) is 0 Å². The van der Waals surface area contributed by atoms with E-state index in [1.54, 1.807) is 11.0 Å². The predicted molar refractivity (Wildman–Crippen MR) is 81.2 cm³/mol. The second-order valence-corrected chi connectivity index (χ2v) is 5.42. The fourth-order valence-corrected chi connectivity index (χ4v) is 2.85. The van der Waals surface area contributed by atoms with E-state index in [1.165, 1.54) is 11.3 Å². The summed E-state index contributed by atoms with van der Waals surface area (Å²) in [5, 5.41) is 9.52. The number of nitrogens with one attached hydrogen (secondary N) is 1. The Balaban J connectivity index is 1.56. The third kappa shape index (κ3) is 3.11. The predicted octanol–water partition coefficient (Wildman–Crippen LogP) is 1.30. The highest BCUT2D eigenvalue weighted by atomic mass is 16.3. The zero-order chi connectivity index (χ0) is 13.8. The first kappa shape index (κ1) is 13.0. The second-order valence-electron chi connectivity index (χ2n) is 5.42. The molecule has 0 spiro atoms. The maximum atomic E-state index is 9.52. The van der Waals surface area contributed by atoms with Gasteiger partial charge in [-0.05, 0) is 24.3 Å². The Hall–Kier alpha value is -2.00. The first-order valence-electron chi connectivity index (χ1n) is 7.23. The Morgan fingerprint density at radius 2 is 1.70 bits per heavy atom. The van der Waals surface area contributed by atoms with Crippen LogP contribution in [0.15, 0.2) is 54.6 Å². The Bertz CT molecular complexity index is 548. The van der Waals surface area contributed by atoms with Gasteiger partial charge in [-0.2, -0.15) is 0 Å². The summed E-state index contributed by atoms with van der Waals surface area (Å²) in [6, 6.07) is 18.2. The molecule has 104 valence electrons. The number of hydrogen-bond acceptors (Lipinski definition) is 2. The highest BCUT2D eigenvalue weighted by Crippen LogP contribution is 2.13. The van der Waals surface area contributed by atoms with E-state index in [4.69, 9.17) is 0 Å². The highest BCUT2D eigenvalue weighted by Gasteiger charge is 2.20. The van der Waals surface area contributed by atoms with E-state index in [1.807, 2.05) is 12.1 Å². The molecule has 1 aliphatic rings. The lowest BCUT2D eigenvalue weighted by molar-refractivity contribution is -0.914. The number of phenolic OH excluding ortho intramolecular Hbond substituents is 1. The maximum Gasteiger partial charge on any atom is 0.116 e. The summed E-state index contributed by atoms with van der Waals surface area (Å²) in [4.78, 5) is 4.04. The molecule has 20 heavy (non-hydrogen) atoms. The van der Waals surface area contributed by atoms with Crippen LogP contribution >= 0.6 is 0 Å². The molecule has 0 bridgehead atoms. The molecule has 0 unspecified atom stereocenters. The molecule has 3 rings (SSSR count).